The van der Waals surface area contributed by atoms with E-state index in [0.717, 1.165) is 19.4 Å². The summed E-state index contributed by atoms with van der Waals surface area (Å²) in [6.45, 7) is 20.4. The number of carbonyl (C=O) groups is 1. The Kier molecular flexibility index (Phi) is 8.46. The van der Waals surface area contributed by atoms with Crippen molar-refractivity contribution in [3.8, 4) is 0 Å². The number of hydrogen-bond acceptors (Lipinski definition) is 2. The molecule has 0 N–H and O–H groups in total. The first-order valence-corrected chi connectivity index (χ1v) is 20.3. The van der Waals surface area contributed by atoms with Crippen LogP contribution in [0.3, 0.4) is 0 Å². The van der Waals surface area contributed by atoms with Gasteiger partial charge in [-0.15, -0.1) is 0 Å². The molecule has 5 saturated carbocycles. The van der Waals surface area contributed by atoms with Crippen molar-refractivity contribution in [3.63, 3.8) is 0 Å². The van der Waals surface area contributed by atoms with E-state index in [2.05, 4.69) is 139 Å². The van der Waals surface area contributed by atoms with Crippen LogP contribution in [-0.4, -0.2) is 12.4 Å². The van der Waals surface area contributed by atoms with Crippen LogP contribution in [-0.2, 0) is 15.1 Å². The summed E-state index contributed by atoms with van der Waals surface area (Å²) in [5, 5.41) is 0. The number of benzene rings is 3. The largest absolute Gasteiger partial charge is 0.360 e. The van der Waals surface area contributed by atoms with Crippen LogP contribution in [0.2, 0.25) is 0 Å². The van der Waals surface area contributed by atoms with E-state index in [1.165, 1.54) is 73.6 Å². The maximum absolute atomic E-state index is 13.3. The third-order valence-electron chi connectivity index (χ3n) is 17.1. The highest BCUT2D eigenvalue weighted by atomic mass is 16.5. The lowest BCUT2D eigenvalue weighted by molar-refractivity contribution is -0.239. The summed E-state index contributed by atoms with van der Waals surface area (Å²) in [6, 6.07) is 32.9. The van der Waals surface area contributed by atoms with E-state index in [0.29, 0.717) is 35.4 Å². The molecular formula is C49H62O2. The topological polar surface area (TPSA) is 26.3 Å². The molecule has 1 unspecified atom stereocenters. The molecule has 0 bridgehead atoms. The molecule has 5 aliphatic rings. The fourth-order valence-corrected chi connectivity index (χ4v) is 14.4. The van der Waals surface area contributed by atoms with Crippen molar-refractivity contribution in [1.82, 2.24) is 0 Å². The quantitative estimate of drug-likeness (QED) is 0.183. The molecule has 3 aromatic carbocycles. The summed E-state index contributed by atoms with van der Waals surface area (Å²) >= 11 is 0. The van der Waals surface area contributed by atoms with Crippen LogP contribution >= 0.6 is 0 Å². The van der Waals surface area contributed by atoms with E-state index in [4.69, 9.17) is 4.74 Å². The maximum atomic E-state index is 13.3. The van der Waals surface area contributed by atoms with Gasteiger partial charge in [0.05, 0.1) is 6.61 Å². The number of Topliss-reactive ketones (excluding diaryl/α,β-unsaturated/α-hetero) is 1. The van der Waals surface area contributed by atoms with Crippen LogP contribution in [0.25, 0.3) is 0 Å². The molecule has 0 spiro atoms. The van der Waals surface area contributed by atoms with Crippen molar-refractivity contribution in [2.24, 2.45) is 56.7 Å². The number of ether oxygens (including phenoxy) is 1. The Morgan fingerprint density at radius 2 is 1.25 bits per heavy atom. The van der Waals surface area contributed by atoms with Gasteiger partial charge in [-0.2, -0.15) is 0 Å². The zero-order chi connectivity index (χ0) is 35.9. The van der Waals surface area contributed by atoms with Gasteiger partial charge in [0.2, 0.25) is 0 Å². The molecule has 0 aliphatic heterocycles. The average molecular weight is 683 g/mol. The van der Waals surface area contributed by atoms with Gasteiger partial charge < -0.3 is 4.74 Å². The van der Waals surface area contributed by atoms with Gasteiger partial charge in [0.25, 0.3) is 0 Å². The molecule has 2 nitrogen and oxygen atoms in total. The van der Waals surface area contributed by atoms with Gasteiger partial charge in [-0.3, -0.25) is 4.79 Å². The molecule has 51 heavy (non-hydrogen) atoms. The van der Waals surface area contributed by atoms with E-state index >= 15 is 0 Å². The minimum atomic E-state index is -0.701. The second-order valence-electron chi connectivity index (χ2n) is 19.3. The van der Waals surface area contributed by atoms with Gasteiger partial charge in [0.15, 0.2) is 0 Å². The fourth-order valence-electron chi connectivity index (χ4n) is 14.4. The van der Waals surface area contributed by atoms with Crippen LogP contribution in [0, 0.1) is 56.7 Å². The summed E-state index contributed by atoms with van der Waals surface area (Å²) in [5.41, 5.74) is 4.93. The highest BCUT2D eigenvalue weighted by Gasteiger charge is 2.71. The first-order chi connectivity index (χ1) is 24.3. The SMILES string of the molecule is C=C(C)[C@@H]1CC[C@]2(COC(c3ccccc3)(c3ccccc3)c3ccccc3)CC[C@]3(C)[C@H](CC[C@@H]4[C@@]5(C)CCC(=O)C(C)(C)[C@@H]5CC[C@]43C)C12. The van der Waals surface area contributed by atoms with Gasteiger partial charge >= 0.3 is 0 Å². The third-order valence-corrected chi connectivity index (χ3v) is 17.1. The maximum Gasteiger partial charge on any atom is 0.143 e. The molecule has 0 aromatic heterocycles. The van der Waals surface area contributed by atoms with Crippen LogP contribution in [0.1, 0.15) is 122 Å². The van der Waals surface area contributed by atoms with Crippen molar-refractivity contribution in [3.05, 3.63) is 120 Å². The van der Waals surface area contributed by atoms with Gasteiger partial charge in [0, 0.05) is 11.8 Å². The molecule has 0 heterocycles. The molecule has 5 fully saturated rings. The summed E-state index contributed by atoms with van der Waals surface area (Å²) in [5.74, 6) is 3.43. The number of allylic oxidation sites excluding steroid dienone is 1. The molecule has 0 amide bonds. The number of rotatable bonds is 7. The van der Waals surface area contributed by atoms with E-state index in [1.807, 2.05) is 0 Å². The predicted octanol–water partition coefficient (Wildman–Crippen LogP) is 12.2. The number of hydrogen-bond donors (Lipinski definition) is 0. The Labute approximate surface area is 308 Å². The number of carbonyl (C=O) groups excluding carboxylic acids is 1. The Balaban J connectivity index is 1.19. The van der Waals surface area contributed by atoms with Crippen molar-refractivity contribution in [2.75, 3.05) is 6.61 Å². The predicted molar refractivity (Wildman–Crippen MR) is 209 cm³/mol. The number of fused-ring (bicyclic) bond motifs is 7. The lowest BCUT2D eigenvalue weighted by Crippen LogP contribution is -2.66. The Morgan fingerprint density at radius 3 is 1.80 bits per heavy atom. The Morgan fingerprint density at radius 1 is 0.686 bits per heavy atom. The Bertz CT molecular complexity index is 1660. The van der Waals surface area contributed by atoms with Gasteiger partial charge in [-0.1, -0.05) is 138 Å². The molecule has 9 atom stereocenters. The minimum Gasteiger partial charge on any atom is -0.360 e. The molecule has 5 aliphatic carbocycles. The minimum absolute atomic E-state index is 0.112. The summed E-state index contributed by atoms with van der Waals surface area (Å²) in [7, 11) is 0. The smallest absolute Gasteiger partial charge is 0.143 e. The van der Waals surface area contributed by atoms with Gasteiger partial charge in [-0.25, -0.2) is 0 Å². The average Bonchev–Trinajstić information content (AvgIpc) is 3.52. The van der Waals surface area contributed by atoms with Crippen LogP contribution in [0.15, 0.2) is 103 Å². The van der Waals surface area contributed by atoms with Crippen molar-refractivity contribution in [2.45, 2.75) is 111 Å². The van der Waals surface area contributed by atoms with Crippen molar-refractivity contribution < 1.29 is 9.53 Å². The lowest BCUT2D eigenvalue weighted by atomic mass is 9.32. The lowest BCUT2D eigenvalue weighted by Gasteiger charge is -2.72. The second-order valence-corrected chi connectivity index (χ2v) is 19.3. The van der Waals surface area contributed by atoms with E-state index in [9.17, 15) is 4.79 Å². The molecule has 3 aromatic rings. The van der Waals surface area contributed by atoms with Gasteiger partial charge in [-0.05, 0) is 133 Å². The van der Waals surface area contributed by atoms with Crippen LogP contribution < -0.4 is 0 Å². The fraction of sp³-hybridized carbons (Fsp3) is 0.571. The van der Waals surface area contributed by atoms with Crippen LogP contribution in [0.5, 0.6) is 0 Å². The molecule has 2 heteroatoms. The Hall–Kier alpha value is -2.97. The summed E-state index contributed by atoms with van der Waals surface area (Å²) in [6.07, 6.45) is 11.8. The zero-order valence-corrected chi connectivity index (χ0v) is 32.3. The zero-order valence-electron chi connectivity index (χ0n) is 32.3. The molecule has 270 valence electrons. The highest BCUT2D eigenvalue weighted by molar-refractivity contribution is 5.85. The third kappa shape index (κ3) is 4.93. The van der Waals surface area contributed by atoms with E-state index < -0.39 is 5.60 Å². The second kappa shape index (κ2) is 12.3. The molecule has 8 rings (SSSR count). The van der Waals surface area contributed by atoms with E-state index in [1.54, 1.807) is 0 Å². The van der Waals surface area contributed by atoms with E-state index in [-0.39, 0.29) is 27.1 Å². The van der Waals surface area contributed by atoms with Crippen molar-refractivity contribution in [1.29, 1.82) is 0 Å². The first kappa shape index (κ1) is 35.1. The van der Waals surface area contributed by atoms with Gasteiger partial charge in [0.1, 0.15) is 11.4 Å². The molecule has 0 saturated heterocycles. The van der Waals surface area contributed by atoms with Crippen molar-refractivity contribution >= 4 is 5.78 Å². The highest BCUT2D eigenvalue weighted by Crippen LogP contribution is 2.77. The molecular weight excluding hydrogens is 621 g/mol. The monoisotopic (exact) mass is 682 g/mol. The standard InChI is InChI=1S/C49H62O2/c1-34(2)38-25-30-48(33-51-49(35-17-11-8-12-18-35,36-19-13-9-14-20-36)37-21-15-10-16-22-37)32-31-46(6)39(43(38)48)23-24-41-45(5)28-27-42(50)44(3,4)40(45)26-29-47(41,46)7/h8-22,38-41,43H,1,23-33H2,2-7H3/t38-,39+,40-,41+,43?,45-,46+,47+,48+/m0/s1. The molecule has 0 radical (unpaired) electrons. The van der Waals surface area contributed by atoms with Crippen LogP contribution in [0.4, 0.5) is 0 Å². The summed E-state index contributed by atoms with van der Waals surface area (Å²) < 4.78 is 7.76. The first-order valence-electron chi connectivity index (χ1n) is 20.3. The summed E-state index contributed by atoms with van der Waals surface area (Å²) in [4.78, 5) is 13.3. The normalized spacial score (nSPS) is 38.5. The number of ketones is 1.